The van der Waals surface area contributed by atoms with E-state index < -0.39 is 0 Å². The molecule has 1 aromatic heterocycles. The molecule has 0 aliphatic rings. The Balaban J connectivity index is 2.15. The summed E-state index contributed by atoms with van der Waals surface area (Å²) in [5.74, 6) is 0.197. The number of benzene rings is 1. The minimum Gasteiger partial charge on any atom is -0.207 e. The van der Waals surface area contributed by atoms with Gasteiger partial charge in [0.1, 0.15) is 11.3 Å². The van der Waals surface area contributed by atoms with Gasteiger partial charge in [-0.2, -0.15) is 5.26 Å². The van der Waals surface area contributed by atoms with Crippen LogP contribution in [-0.4, -0.2) is 10.2 Å². The zero-order valence-electron chi connectivity index (χ0n) is 8.05. The van der Waals surface area contributed by atoms with E-state index in [0.717, 1.165) is 4.34 Å². The molecule has 0 saturated heterocycles. The van der Waals surface area contributed by atoms with E-state index in [9.17, 15) is 4.39 Å². The molecule has 0 atom stereocenters. The zero-order valence-corrected chi connectivity index (χ0v) is 9.69. The third-order valence-electron chi connectivity index (χ3n) is 1.88. The fourth-order valence-electron chi connectivity index (χ4n) is 1.16. The van der Waals surface area contributed by atoms with Crippen molar-refractivity contribution in [3.8, 4) is 6.07 Å². The summed E-state index contributed by atoms with van der Waals surface area (Å²) in [4.78, 5) is 0. The normalized spacial score (nSPS) is 10.0. The van der Waals surface area contributed by atoms with Crippen LogP contribution in [0.25, 0.3) is 0 Å². The lowest BCUT2D eigenvalue weighted by Crippen LogP contribution is -1.89. The first kappa shape index (κ1) is 11.0. The van der Waals surface area contributed by atoms with E-state index in [1.807, 2.05) is 6.07 Å². The van der Waals surface area contributed by atoms with Gasteiger partial charge in [-0.05, 0) is 23.8 Å². The van der Waals surface area contributed by atoms with Gasteiger partial charge in [0.15, 0.2) is 4.34 Å². The van der Waals surface area contributed by atoms with E-state index in [2.05, 4.69) is 10.2 Å². The SMILES string of the molecule is N#Cc1ccc(F)cc1CSc1nncs1. The van der Waals surface area contributed by atoms with Gasteiger partial charge in [0.25, 0.3) is 0 Å². The van der Waals surface area contributed by atoms with Crippen LogP contribution in [0, 0.1) is 17.1 Å². The molecule has 0 radical (unpaired) electrons. The van der Waals surface area contributed by atoms with Crippen LogP contribution in [0.5, 0.6) is 0 Å². The van der Waals surface area contributed by atoms with Crippen LogP contribution in [0.1, 0.15) is 11.1 Å². The molecule has 0 bridgehead atoms. The van der Waals surface area contributed by atoms with Gasteiger partial charge >= 0.3 is 0 Å². The molecule has 0 spiro atoms. The monoisotopic (exact) mass is 251 g/mol. The van der Waals surface area contributed by atoms with Crippen molar-refractivity contribution in [2.75, 3.05) is 0 Å². The third-order valence-corrected chi connectivity index (χ3v) is 3.79. The number of aromatic nitrogens is 2. The van der Waals surface area contributed by atoms with Gasteiger partial charge in [-0.1, -0.05) is 23.1 Å². The fraction of sp³-hybridized carbons (Fsp3) is 0.100. The minimum atomic E-state index is -0.327. The van der Waals surface area contributed by atoms with Crippen LogP contribution in [0.15, 0.2) is 28.0 Å². The Bertz CT molecular complexity index is 519. The quantitative estimate of drug-likeness (QED) is 0.787. The molecule has 2 aromatic rings. The van der Waals surface area contributed by atoms with Crippen molar-refractivity contribution in [1.29, 1.82) is 5.26 Å². The second-order valence-corrected chi connectivity index (χ2v) is 4.96. The van der Waals surface area contributed by atoms with Crippen molar-refractivity contribution in [3.05, 3.63) is 40.7 Å². The maximum atomic E-state index is 13.0. The highest BCUT2D eigenvalue weighted by Crippen LogP contribution is 2.25. The number of hydrogen-bond donors (Lipinski definition) is 0. The van der Waals surface area contributed by atoms with Gasteiger partial charge in [0.05, 0.1) is 11.6 Å². The van der Waals surface area contributed by atoms with Crippen LogP contribution >= 0.6 is 23.1 Å². The van der Waals surface area contributed by atoms with Gasteiger partial charge in [-0.15, -0.1) is 10.2 Å². The van der Waals surface area contributed by atoms with Crippen molar-refractivity contribution < 1.29 is 4.39 Å². The van der Waals surface area contributed by atoms with Gasteiger partial charge in [0, 0.05) is 5.75 Å². The lowest BCUT2D eigenvalue weighted by molar-refractivity contribution is 0.626. The Morgan fingerprint density at radius 3 is 3.06 bits per heavy atom. The number of nitrogens with zero attached hydrogens (tertiary/aromatic N) is 3. The van der Waals surface area contributed by atoms with Crippen LogP contribution in [-0.2, 0) is 5.75 Å². The second kappa shape index (κ2) is 5.05. The summed E-state index contributed by atoms with van der Waals surface area (Å²) in [7, 11) is 0. The third kappa shape index (κ3) is 2.56. The molecule has 0 aliphatic carbocycles. The Morgan fingerprint density at radius 2 is 2.38 bits per heavy atom. The van der Waals surface area contributed by atoms with Crippen molar-refractivity contribution in [1.82, 2.24) is 10.2 Å². The molecular formula is C10H6FN3S2. The first-order valence-corrected chi connectivity index (χ1v) is 6.23. The Morgan fingerprint density at radius 1 is 1.50 bits per heavy atom. The minimum absolute atomic E-state index is 0.327. The van der Waals surface area contributed by atoms with E-state index in [0.29, 0.717) is 16.9 Å². The molecule has 0 saturated carbocycles. The maximum absolute atomic E-state index is 13.0. The van der Waals surface area contributed by atoms with E-state index in [4.69, 9.17) is 5.26 Å². The van der Waals surface area contributed by atoms with E-state index in [1.54, 1.807) is 5.51 Å². The summed E-state index contributed by atoms with van der Waals surface area (Å²) in [6.07, 6.45) is 0. The van der Waals surface area contributed by atoms with Crippen molar-refractivity contribution in [3.63, 3.8) is 0 Å². The molecule has 1 aromatic carbocycles. The van der Waals surface area contributed by atoms with Gasteiger partial charge in [0.2, 0.25) is 0 Å². The molecule has 6 heteroatoms. The summed E-state index contributed by atoms with van der Waals surface area (Å²) in [5, 5.41) is 16.4. The fourth-order valence-corrected chi connectivity index (χ4v) is 2.64. The number of halogens is 1. The number of thioether (sulfide) groups is 1. The van der Waals surface area contributed by atoms with Crippen LogP contribution < -0.4 is 0 Å². The molecular weight excluding hydrogens is 245 g/mol. The smallest absolute Gasteiger partial charge is 0.174 e. The molecule has 0 unspecified atom stereocenters. The van der Waals surface area contributed by atoms with Gasteiger partial charge in [-0.3, -0.25) is 0 Å². The van der Waals surface area contributed by atoms with E-state index >= 15 is 0 Å². The molecule has 80 valence electrons. The highest BCUT2D eigenvalue weighted by atomic mass is 32.2. The molecule has 0 aliphatic heterocycles. The molecule has 16 heavy (non-hydrogen) atoms. The molecule has 0 fully saturated rings. The van der Waals surface area contributed by atoms with Crippen LogP contribution in [0.4, 0.5) is 4.39 Å². The molecule has 0 amide bonds. The summed E-state index contributed by atoms with van der Waals surface area (Å²) in [6.45, 7) is 0. The highest BCUT2D eigenvalue weighted by Gasteiger charge is 2.06. The lowest BCUT2D eigenvalue weighted by Gasteiger charge is -2.01. The lowest BCUT2D eigenvalue weighted by atomic mass is 10.1. The van der Waals surface area contributed by atoms with E-state index in [1.165, 1.54) is 41.3 Å². The topological polar surface area (TPSA) is 49.6 Å². The van der Waals surface area contributed by atoms with Crippen molar-refractivity contribution in [2.45, 2.75) is 10.1 Å². The average molecular weight is 251 g/mol. The average Bonchev–Trinajstić information content (AvgIpc) is 2.79. The summed E-state index contributed by atoms with van der Waals surface area (Å²) in [5.41, 5.74) is 2.82. The first-order chi connectivity index (χ1) is 7.79. The largest absolute Gasteiger partial charge is 0.207 e. The highest BCUT2D eigenvalue weighted by molar-refractivity contribution is 8.00. The predicted molar refractivity (Wildman–Crippen MR) is 60.6 cm³/mol. The first-order valence-electron chi connectivity index (χ1n) is 4.37. The van der Waals surface area contributed by atoms with Gasteiger partial charge < -0.3 is 0 Å². The Labute approximate surface area is 99.9 Å². The molecule has 3 nitrogen and oxygen atoms in total. The Hall–Kier alpha value is -1.45. The maximum Gasteiger partial charge on any atom is 0.174 e. The number of rotatable bonds is 3. The number of nitriles is 1. The second-order valence-electron chi connectivity index (χ2n) is 2.91. The standard InChI is InChI=1S/C10H6FN3S2/c11-9-2-1-7(4-12)8(3-9)5-15-10-14-13-6-16-10/h1-3,6H,5H2. The number of hydrogen-bond acceptors (Lipinski definition) is 5. The summed E-state index contributed by atoms with van der Waals surface area (Å²) >= 11 is 2.87. The predicted octanol–water partition coefficient (Wildman–Crippen LogP) is 2.84. The molecule has 1 heterocycles. The van der Waals surface area contributed by atoms with E-state index in [-0.39, 0.29) is 5.82 Å². The van der Waals surface area contributed by atoms with Crippen LogP contribution in [0.3, 0.4) is 0 Å². The van der Waals surface area contributed by atoms with Crippen molar-refractivity contribution >= 4 is 23.1 Å². The zero-order chi connectivity index (χ0) is 11.4. The molecule has 2 rings (SSSR count). The molecule has 0 N–H and O–H groups in total. The Kier molecular flexibility index (Phi) is 3.49. The van der Waals surface area contributed by atoms with Gasteiger partial charge in [-0.25, -0.2) is 4.39 Å². The summed E-state index contributed by atoms with van der Waals surface area (Å²) in [6, 6.07) is 6.20. The van der Waals surface area contributed by atoms with Crippen molar-refractivity contribution in [2.24, 2.45) is 0 Å². The van der Waals surface area contributed by atoms with Crippen LogP contribution in [0.2, 0.25) is 0 Å². The summed E-state index contributed by atoms with van der Waals surface area (Å²) < 4.78 is 13.8.